The van der Waals surface area contributed by atoms with Crippen molar-refractivity contribution < 1.29 is 9.21 Å². The maximum absolute atomic E-state index is 12.5. The molecule has 24 heavy (non-hydrogen) atoms. The van der Waals surface area contributed by atoms with Crippen molar-refractivity contribution in [3.05, 3.63) is 30.5 Å². The van der Waals surface area contributed by atoms with Crippen LogP contribution in [0.15, 0.2) is 34.9 Å². The van der Waals surface area contributed by atoms with Gasteiger partial charge in [0.15, 0.2) is 5.58 Å². The molecular formula is C19H25N3O2. The van der Waals surface area contributed by atoms with Crippen LogP contribution in [0, 0.1) is 0 Å². The van der Waals surface area contributed by atoms with Crippen LogP contribution in [0.2, 0.25) is 0 Å². The Labute approximate surface area is 142 Å². The molecule has 1 aromatic heterocycles. The van der Waals surface area contributed by atoms with E-state index in [-0.39, 0.29) is 5.91 Å². The molecular weight excluding hydrogens is 302 g/mol. The van der Waals surface area contributed by atoms with Crippen LogP contribution in [0.3, 0.4) is 0 Å². The van der Waals surface area contributed by atoms with Gasteiger partial charge in [-0.25, -0.2) is 0 Å². The van der Waals surface area contributed by atoms with Crippen LogP contribution >= 0.6 is 0 Å². The van der Waals surface area contributed by atoms with Gasteiger partial charge in [-0.05, 0) is 38.3 Å². The number of amides is 1. The Morgan fingerprint density at radius 3 is 3.04 bits per heavy atom. The van der Waals surface area contributed by atoms with E-state index >= 15 is 0 Å². The Balaban J connectivity index is 1.35. The van der Waals surface area contributed by atoms with E-state index in [4.69, 9.17) is 4.42 Å². The number of para-hydroxylation sites is 1. The van der Waals surface area contributed by atoms with Crippen LogP contribution in [0.5, 0.6) is 0 Å². The number of furan rings is 1. The molecule has 0 bridgehead atoms. The first kappa shape index (κ1) is 15.5. The second-order valence-corrected chi connectivity index (χ2v) is 7.09. The second-order valence-electron chi connectivity index (χ2n) is 7.09. The van der Waals surface area contributed by atoms with Crippen molar-refractivity contribution in [2.75, 3.05) is 31.5 Å². The number of nitrogens with zero attached hydrogens (tertiary/aromatic N) is 2. The van der Waals surface area contributed by atoms with Gasteiger partial charge in [0, 0.05) is 37.1 Å². The summed E-state index contributed by atoms with van der Waals surface area (Å²) in [5.74, 6) is 0.286. The molecule has 2 aromatic rings. The fourth-order valence-electron chi connectivity index (χ4n) is 4.01. The first-order chi connectivity index (χ1) is 11.7. The monoisotopic (exact) mass is 327 g/mol. The van der Waals surface area contributed by atoms with E-state index in [1.807, 2.05) is 17.0 Å². The Kier molecular flexibility index (Phi) is 4.19. The normalized spacial score (nSPS) is 24.8. The molecule has 1 N–H and O–H groups in total. The van der Waals surface area contributed by atoms with Crippen LogP contribution in [-0.2, 0) is 4.79 Å². The van der Waals surface area contributed by atoms with E-state index in [1.165, 1.54) is 0 Å². The Morgan fingerprint density at radius 1 is 1.29 bits per heavy atom. The number of carbonyl (C=O) groups is 1. The van der Waals surface area contributed by atoms with Gasteiger partial charge < -0.3 is 14.6 Å². The standard InChI is InChI=1S/C19H25N3O2/c1-14-4-3-9-22(14)18(23)13-21-10-7-16(12-21)20-17-6-2-5-15-8-11-24-19(15)17/h2,5-6,8,11,14,16,20H,3-4,7,9-10,12-13H2,1H3/t14-,16+/m1/s1. The number of likely N-dealkylation sites (tertiary alicyclic amines) is 2. The third-order valence-electron chi connectivity index (χ3n) is 5.34. The average Bonchev–Trinajstić information content (AvgIpc) is 3.28. The highest BCUT2D eigenvalue weighted by molar-refractivity contribution is 5.89. The van der Waals surface area contributed by atoms with Crippen molar-refractivity contribution >= 4 is 22.6 Å². The third-order valence-corrected chi connectivity index (χ3v) is 5.34. The molecule has 0 saturated carbocycles. The predicted octanol–water partition coefficient (Wildman–Crippen LogP) is 2.93. The minimum absolute atomic E-state index is 0.286. The number of rotatable bonds is 4. The summed E-state index contributed by atoms with van der Waals surface area (Å²) in [5, 5.41) is 4.71. The van der Waals surface area contributed by atoms with Crippen LogP contribution < -0.4 is 5.32 Å². The maximum Gasteiger partial charge on any atom is 0.236 e. The van der Waals surface area contributed by atoms with Crippen LogP contribution in [0.25, 0.3) is 11.0 Å². The van der Waals surface area contributed by atoms with Crippen LogP contribution in [0.1, 0.15) is 26.2 Å². The van der Waals surface area contributed by atoms with E-state index in [0.717, 1.165) is 55.6 Å². The fourth-order valence-corrected chi connectivity index (χ4v) is 4.01. The lowest BCUT2D eigenvalue weighted by atomic mass is 10.2. The smallest absolute Gasteiger partial charge is 0.236 e. The summed E-state index contributed by atoms with van der Waals surface area (Å²) in [7, 11) is 0. The van der Waals surface area contributed by atoms with Gasteiger partial charge in [0.05, 0.1) is 18.5 Å². The van der Waals surface area contributed by atoms with Crippen molar-refractivity contribution in [1.29, 1.82) is 0 Å². The molecule has 3 heterocycles. The Morgan fingerprint density at radius 2 is 2.21 bits per heavy atom. The van der Waals surface area contributed by atoms with Crippen molar-refractivity contribution in [2.45, 2.75) is 38.3 Å². The highest BCUT2D eigenvalue weighted by atomic mass is 16.3. The van der Waals surface area contributed by atoms with Gasteiger partial charge in [0.25, 0.3) is 0 Å². The molecule has 2 atom stereocenters. The maximum atomic E-state index is 12.5. The summed E-state index contributed by atoms with van der Waals surface area (Å²) in [4.78, 5) is 16.8. The molecule has 1 amide bonds. The van der Waals surface area contributed by atoms with Crippen molar-refractivity contribution in [2.24, 2.45) is 0 Å². The summed E-state index contributed by atoms with van der Waals surface area (Å²) in [6.07, 6.45) is 5.07. The number of hydrogen-bond donors (Lipinski definition) is 1. The molecule has 0 spiro atoms. The van der Waals surface area contributed by atoms with Crippen molar-refractivity contribution in [3.63, 3.8) is 0 Å². The van der Waals surface area contributed by atoms with Crippen molar-refractivity contribution in [1.82, 2.24) is 9.80 Å². The topological polar surface area (TPSA) is 48.7 Å². The van der Waals surface area contributed by atoms with Gasteiger partial charge in [-0.1, -0.05) is 12.1 Å². The molecule has 2 saturated heterocycles. The van der Waals surface area contributed by atoms with Gasteiger partial charge in [0.2, 0.25) is 5.91 Å². The molecule has 5 heteroatoms. The largest absolute Gasteiger partial charge is 0.462 e. The lowest BCUT2D eigenvalue weighted by Gasteiger charge is -2.24. The molecule has 1 aromatic carbocycles. The molecule has 0 radical (unpaired) electrons. The number of fused-ring (bicyclic) bond motifs is 1. The average molecular weight is 327 g/mol. The number of carbonyl (C=O) groups excluding carboxylic acids is 1. The SMILES string of the molecule is C[C@@H]1CCCN1C(=O)CN1CC[C@H](Nc2cccc3ccoc23)C1. The van der Waals surface area contributed by atoms with Crippen LogP contribution in [0.4, 0.5) is 5.69 Å². The first-order valence-corrected chi connectivity index (χ1v) is 8.95. The summed E-state index contributed by atoms with van der Waals surface area (Å²) in [5.41, 5.74) is 1.96. The lowest BCUT2D eigenvalue weighted by molar-refractivity contribution is -0.132. The van der Waals surface area contributed by atoms with Crippen molar-refractivity contribution in [3.8, 4) is 0 Å². The summed E-state index contributed by atoms with van der Waals surface area (Å²) in [6.45, 7) is 5.51. The zero-order valence-electron chi connectivity index (χ0n) is 14.2. The van der Waals surface area contributed by atoms with E-state index in [2.05, 4.69) is 29.3 Å². The molecule has 4 rings (SSSR count). The summed E-state index contributed by atoms with van der Waals surface area (Å²) >= 11 is 0. The van der Waals surface area contributed by atoms with Gasteiger partial charge in [-0.15, -0.1) is 0 Å². The molecule has 0 aliphatic carbocycles. The quantitative estimate of drug-likeness (QED) is 0.938. The molecule has 2 aliphatic heterocycles. The van der Waals surface area contributed by atoms with Gasteiger partial charge in [-0.2, -0.15) is 0 Å². The fraction of sp³-hybridized carbons (Fsp3) is 0.526. The Bertz CT molecular complexity index is 726. The van der Waals surface area contributed by atoms with E-state index < -0.39 is 0 Å². The molecule has 2 fully saturated rings. The lowest BCUT2D eigenvalue weighted by Crippen LogP contribution is -2.41. The van der Waals surface area contributed by atoms with Crippen LogP contribution in [-0.4, -0.2) is 54.0 Å². The van der Waals surface area contributed by atoms with E-state index in [0.29, 0.717) is 18.6 Å². The predicted molar refractivity (Wildman–Crippen MR) is 95.1 cm³/mol. The van der Waals surface area contributed by atoms with E-state index in [9.17, 15) is 4.79 Å². The highest BCUT2D eigenvalue weighted by Crippen LogP contribution is 2.26. The number of hydrogen-bond acceptors (Lipinski definition) is 4. The van der Waals surface area contributed by atoms with Gasteiger partial charge >= 0.3 is 0 Å². The molecule has 2 aliphatic rings. The van der Waals surface area contributed by atoms with Gasteiger partial charge in [0.1, 0.15) is 0 Å². The minimum Gasteiger partial charge on any atom is -0.462 e. The zero-order valence-corrected chi connectivity index (χ0v) is 14.2. The number of anilines is 1. The third kappa shape index (κ3) is 3.00. The summed E-state index contributed by atoms with van der Waals surface area (Å²) in [6, 6.07) is 8.92. The minimum atomic E-state index is 0.286. The van der Waals surface area contributed by atoms with Gasteiger partial charge in [-0.3, -0.25) is 9.69 Å². The Hall–Kier alpha value is -2.01. The molecule has 5 nitrogen and oxygen atoms in total. The number of benzene rings is 1. The van der Waals surface area contributed by atoms with E-state index in [1.54, 1.807) is 6.26 Å². The zero-order chi connectivity index (χ0) is 16.5. The second kappa shape index (κ2) is 6.48. The first-order valence-electron chi connectivity index (χ1n) is 8.95. The molecule has 0 unspecified atom stereocenters. The highest BCUT2D eigenvalue weighted by Gasteiger charge is 2.29. The molecule has 128 valence electrons. The number of nitrogens with one attached hydrogen (secondary N) is 1. The summed E-state index contributed by atoms with van der Waals surface area (Å²) < 4.78 is 5.59.